The molecule has 0 aliphatic carbocycles. The number of sulfonamides is 1. The fourth-order valence-corrected chi connectivity index (χ4v) is 7.23. The third-order valence-corrected chi connectivity index (χ3v) is 9.72. The van der Waals surface area contributed by atoms with E-state index >= 15 is 8.78 Å². The Balaban J connectivity index is 2.18. The number of nitrogens with zero attached hydrogens (tertiary/aromatic N) is 3. The van der Waals surface area contributed by atoms with Crippen molar-refractivity contribution in [3.63, 3.8) is 0 Å². The Kier molecular flexibility index (Phi) is 10.5. The summed E-state index contributed by atoms with van der Waals surface area (Å²) >= 11 is -1.85. The van der Waals surface area contributed by atoms with Gasteiger partial charge in [-0.1, -0.05) is 24.9 Å². The van der Waals surface area contributed by atoms with Crippen LogP contribution in [0.4, 0.5) is 14.5 Å². The Labute approximate surface area is 237 Å². The van der Waals surface area contributed by atoms with E-state index in [0.29, 0.717) is 8.78 Å². The second kappa shape index (κ2) is 13.0. The molecule has 3 rings (SSSR count). The van der Waals surface area contributed by atoms with Crippen LogP contribution in [0.1, 0.15) is 54.4 Å². The van der Waals surface area contributed by atoms with Gasteiger partial charge in [-0.15, -0.1) is 0 Å². The van der Waals surface area contributed by atoms with Crippen LogP contribution in [-0.4, -0.2) is 59.3 Å². The second-order valence-electron chi connectivity index (χ2n) is 8.43. The average Bonchev–Trinajstić information content (AvgIpc) is 3.21. The molecule has 0 bridgehead atoms. The first-order chi connectivity index (χ1) is 18.3. The summed E-state index contributed by atoms with van der Waals surface area (Å²) < 4.78 is 104. The lowest BCUT2D eigenvalue weighted by molar-refractivity contribution is 0.103. The molecule has 0 N–H and O–H groups in total. The fraction of sp³-hybridized carbons (Fsp3) is 0.391. The van der Waals surface area contributed by atoms with E-state index in [1.165, 1.54) is 16.8 Å². The van der Waals surface area contributed by atoms with Crippen LogP contribution in [0, 0.1) is 11.6 Å². The number of ketones is 1. The lowest BCUT2D eigenvalue weighted by Crippen LogP contribution is -2.35. The molecule has 0 amide bonds. The van der Waals surface area contributed by atoms with E-state index in [9.17, 15) is 30.7 Å². The maximum absolute atomic E-state index is 15.9. The first-order valence-corrected chi connectivity index (χ1v) is 16.5. The molecule has 0 radical (unpaired) electrons. The van der Waals surface area contributed by atoms with E-state index < -0.39 is 77.7 Å². The summed E-state index contributed by atoms with van der Waals surface area (Å²) in [6.07, 6.45) is 2.66. The maximum atomic E-state index is 15.9. The van der Waals surface area contributed by atoms with Crippen molar-refractivity contribution < 1.29 is 39.5 Å². The van der Waals surface area contributed by atoms with E-state index in [-0.39, 0.29) is 42.4 Å². The predicted molar refractivity (Wildman–Crippen MR) is 145 cm³/mol. The van der Waals surface area contributed by atoms with Gasteiger partial charge in [0.15, 0.2) is 5.82 Å². The Hall–Kier alpha value is -2.11. The van der Waals surface area contributed by atoms with Crippen molar-refractivity contribution in [1.82, 2.24) is 9.55 Å². The Bertz CT molecular complexity index is 1550. The lowest BCUT2D eigenvalue weighted by atomic mass is 10.0. The van der Waals surface area contributed by atoms with Gasteiger partial charge in [0.2, 0.25) is 15.8 Å². The third-order valence-electron chi connectivity index (χ3n) is 5.80. The van der Waals surface area contributed by atoms with Crippen molar-refractivity contribution in [2.45, 2.75) is 38.5 Å². The zero-order valence-electron chi connectivity index (χ0n) is 20.8. The van der Waals surface area contributed by atoms with Crippen LogP contribution in [0.3, 0.4) is 0 Å². The number of carbonyl (C=O) groups excluding carboxylic acids is 1. The molecule has 3 unspecified atom stereocenters. The van der Waals surface area contributed by atoms with Crippen molar-refractivity contribution in [2.75, 3.05) is 22.4 Å². The van der Waals surface area contributed by atoms with Gasteiger partial charge in [-0.2, -0.15) is 0 Å². The molecule has 2 heterocycles. The molecule has 0 spiro atoms. The van der Waals surface area contributed by atoms with Gasteiger partial charge in [-0.25, -0.2) is 22.2 Å². The molecule has 16 heteroatoms. The first-order valence-electron chi connectivity index (χ1n) is 11.7. The number of fused-ring (bicyclic) bond motifs is 1. The summed E-state index contributed by atoms with van der Waals surface area (Å²) in [5.74, 6) is -4.85. The highest BCUT2D eigenvalue weighted by molar-refractivity contribution is 9.10. The molecule has 214 valence electrons. The number of halogens is 3. The highest BCUT2D eigenvalue weighted by Gasteiger charge is 2.31. The molecule has 0 saturated carbocycles. The Morgan fingerprint density at radius 1 is 1.23 bits per heavy atom. The van der Waals surface area contributed by atoms with Crippen molar-refractivity contribution in [3.05, 3.63) is 57.8 Å². The smallest absolute Gasteiger partial charge is 0.235 e. The van der Waals surface area contributed by atoms with Crippen LogP contribution in [0.2, 0.25) is 0 Å². The van der Waals surface area contributed by atoms with Crippen LogP contribution < -0.4 is 4.31 Å². The summed E-state index contributed by atoms with van der Waals surface area (Å²) in [7, 11) is -4.24. The van der Waals surface area contributed by atoms with Gasteiger partial charge in [-0.3, -0.25) is 17.5 Å². The summed E-state index contributed by atoms with van der Waals surface area (Å²) in [4.78, 5) is 17.8. The molecule has 1 aromatic carbocycles. The second-order valence-corrected chi connectivity index (χ2v) is 13.4. The molecule has 0 fully saturated rings. The Morgan fingerprint density at radius 3 is 2.51 bits per heavy atom. The summed E-state index contributed by atoms with van der Waals surface area (Å²) in [5.41, 5.74) is -1.74. The summed E-state index contributed by atoms with van der Waals surface area (Å²) in [6.45, 7) is 3.03. The van der Waals surface area contributed by atoms with Crippen LogP contribution in [-0.2, 0) is 32.2 Å². The monoisotopic (exact) mass is 667 g/mol. The summed E-state index contributed by atoms with van der Waals surface area (Å²) in [5, 5.41) is -0.983. The molecule has 0 saturated heterocycles. The number of rotatable bonds is 13. The van der Waals surface area contributed by atoms with E-state index in [1.807, 2.05) is 0 Å². The molecule has 0 aliphatic heterocycles. The average molecular weight is 669 g/mol. The zero-order chi connectivity index (χ0) is 29.1. The first kappa shape index (κ1) is 31.4. The normalized spacial score (nSPS) is 14.3. The van der Waals surface area contributed by atoms with E-state index in [1.54, 1.807) is 13.8 Å². The SMILES string of the molecule is CCCN(c1ccc(F)c(C(=O)c2cn(C(CC)S(=O)[O-])c3ncc(Br)cc23)c1F)S(=O)(=O)CCCS(=O)[O-]. The number of hydrogen-bond donors (Lipinski definition) is 0. The predicted octanol–water partition coefficient (Wildman–Crippen LogP) is 3.91. The van der Waals surface area contributed by atoms with Gasteiger partial charge >= 0.3 is 0 Å². The number of benzene rings is 1. The topological polar surface area (TPSA) is 153 Å². The number of aromatic nitrogens is 2. The largest absolute Gasteiger partial charge is 0.772 e. The molecule has 0 aliphatic rings. The molecule has 3 atom stereocenters. The highest BCUT2D eigenvalue weighted by atomic mass is 79.9. The lowest BCUT2D eigenvalue weighted by Gasteiger charge is -2.25. The minimum atomic E-state index is -4.24. The van der Waals surface area contributed by atoms with Crippen LogP contribution in [0.25, 0.3) is 11.0 Å². The van der Waals surface area contributed by atoms with E-state index in [4.69, 9.17) is 0 Å². The molecular formula is C23H24BrF2N3O7S3-2. The fourth-order valence-electron chi connectivity index (χ4n) is 4.09. The quantitative estimate of drug-likeness (QED) is 0.196. The van der Waals surface area contributed by atoms with Gasteiger partial charge in [-0.05, 0) is 64.5 Å². The number of hydrogen-bond acceptors (Lipinski definition) is 8. The van der Waals surface area contributed by atoms with Gasteiger partial charge in [0.1, 0.15) is 11.5 Å². The molecule has 3 aromatic rings. The minimum Gasteiger partial charge on any atom is -0.772 e. The van der Waals surface area contributed by atoms with Crippen molar-refractivity contribution in [1.29, 1.82) is 0 Å². The van der Waals surface area contributed by atoms with Gasteiger partial charge in [0, 0.05) is 34.6 Å². The third kappa shape index (κ3) is 6.79. The van der Waals surface area contributed by atoms with Gasteiger partial charge in [0.25, 0.3) is 0 Å². The maximum Gasteiger partial charge on any atom is 0.235 e. The van der Waals surface area contributed by atoms with Crippen LogP contribution in [0.15, 0.2) is 35.1 Å². The van der Waals surface area contributed by atoms with Crippen molar-refractivity contribution in [2.24, 2.45) is 0 Å². The molecular weight excluding hydrogens is 644 g/mol. The highest BCUT2D eigenvalue weighted by Crippen LogP contribution is 2.33. The van der Waals surface area contributed by atoms with Crippen molar-refractivity contribution in [3.8, 4) is 0 Å². The molecule has 2 aromatic heterocycles. The molecule has 10 nitrogen and oxygen atoms in total. The summed E-state index contributed by atoms with van der Waals surface area (Å²) in [6, 6.07) is 3.13. The van der Waals surface area contributed by atoms with Crippen LogP contribution in [0.5, 0.6) is 0 Å². The van der Waals surface area contributed by atoms with E-state index in [0.717, 1.165) is 18.3 Å². The number of carbonyl (C=O) groups is 1. The van der Waals surface area contributed by atoms with Crippen molar-refractivity contribution >= 4 is 70.6 Å². The molecule has 39 heavy (non-hydrogen) atoms. The Morgan fingerprint density at radius 2 is 1.92 bits per heavy atom. The van der Waals surface area contributed by atoms with Gasteiger partial charge in [0.05, 0.1) is 27.9 Å². The zero-order valence-corrected chi connectivity index (χ0v) is 24.8. The standard InChI is InChI=1S/C23H26BrF2N3O7S3/c1-3-8-29(39(35,36)10-5-9-37(31)32)18-7-6-17(25)20(21(18)26)22(30)16-13-28(19(4-2)38(33)34)23-15(16)11-14(24)12-27-23/h6-7,11-13,19H,3-5,8-10H2,1-2H3,(H,31,32)(H,33,34)/p-2. The van der Waals surface area contributed by atoms with Gasteiger partial charge < -0.3 is 13.7 Å². The van der Waals surface area contributed by atoms with E-state index in [2.05, 4.69) is 20.9 Å². The van der Waals surface area contributed by atoms with Crippen LogP contribution >= 0.6 is 15.9 Å². The number of pyridine rings is 1. The minimum absolute atomic E-state index is 0.0977. The number of anilines is 1.